The van der Waals surface area contributed by atoms with Gasteiger partial charge in [-0.15, -0.1) is 0 Å². The van der Waals surface area contributed by atoms with Gasteiger partial charge in [0.1, 0.15) is 5.75 Å². The van der Waals surface area contributed by atoms with Gasteiger partial charge in [-0.1, -0.05) is 39.1 Å². The largest absolute Gasteiger partial charge is 0.481 e. The Balaban J connectivity index is 2.00. The van der Waals surface area contributed by atoms with E-state index in [-0.39, 0.29) is 5.91 Å². The number of amides is 1. The molecule has 2 aromatic carbocycles. The number of anilines is 1. The van der Waals surface area contributed by atoms with Gasteiger partial charge in [-0.25, -0.2) is 0 Å². The van der Waals surface area contributed by atoms with Crippen molar-refractivity contribution in [2.24, 2.45) is 0 Å². The predicted molar refractivity (Wildman–Crippen MR) is 89.3 cm³/mol. The first-order chi connectivity index (χ1) is 9.95. The predicted octanol–water partition coefficient (Wildman–Crippen LogP) is 5.16. The second-order valence-corrected chi connectivity index (χ2v) is 6.09. The molecule has 6 heteroatoms. The Morgan fingerprint density at radius 2 is 1.86 bits per heavy atom. The maximum Gasteiger partial charge on any atom is 0.265 e. The number of ether oxygens (including phenoxy) is 1. The normalized spacial score (nSPS) is 11.8. The Morgan fingerprint density at radius 1 is 1.19 bits per heavy atom. The molecule has 21 heavy (non-hydrogen) atoms. The van der Waals surface area contributed by atoms with Crippen molar-refractivity contribution in [3.8, 4) is 5.75 Å². The number of rotatable bonds is 4. The van der Waals surface area contributed by atoms with Crippen molar-refractivity contribution in [3.05, 3.63) is 57.0 Å². The smallest absolute Gasteiger partial charge is 0.265 e. The fourth-order valence-corrected chi connectivity index (χ4v) is 2.32. The highest BCUT2D eigenvalue weighted by atomic mass is 79.9. The molecule has 0 spiro atoms. The molecule has 2 rings (SSSR count). The van der Waals surface area contributed by atoms with Gasteiger partial charge in [0.05, 0.1) is 10.7 Å². The number of benzene rings is 2. The maximum absolute atomic E-state index is 12.1. The molecule has 0 fully saturated rings. The molecule has 0 heterocycles. The Morgan fingerprint density at radius 3 is 2.48 bits per heavy atom. The summed E-state index contributed by atoms with van der Waals surface area (Å²) in [5.41, 5.74) is 0.498. The summed E-state index contributed by atoms with van der Waals surface area (Å²) >= 11 is 15.2. The molecule has 1 atom stereocenters. The second kappa shape index (κ2) is 7.16. The van der Waals surface area contributed by atoms with Crippen LogP contribution in [0.4, 0.5) is 5.69 Å². The lowest BCUT2D eigenvalue weighted by atomic mass is 10.3. The highest BCUT2D eigenvalue weighted by Gasteiger charge is 2.16. The molecule has 0 aliphatic heterocycles. The zero-order chi connectivity index (χ0) is 15.4. The monoisotopic (exact) mass is 387 g/mol. The molecule has 0 radical (unpaired) electrons. The molecule has 3 nitrogen and oxygen atoms in total. The third kappa shape index (κ3) is 4.63. The summed E-state index contributed by atoms with van der Waals surface area (Å²) in [5, 5.41) is 3.60. The molecule has 110 valence electrons. The van der Waals surface area contributed by atoms with E-state index in [0.717, 1.165) is 4.47 Å². The minimum absolute atomic E-state index is 0.290. The van der Waals surface area contributed by atoms with E-state index in [0.29, 0.717) is 21.5 Å². The summed E-state index contributed by atoms with van der Waals surface area (Å²) in [5.74, 6) is 0.324. The minimum Gasteiger partial charge on any atom is -0.481 e. The molecule has 0 saturated carbocycles. The van der Waals surface area contributed by atoms with E-state index < -0.39 is 6.10 Å². The molecular weight excluding hydrogens is 377 g/mol. The fraction of sp³-hybridized carbons (Fsp3) is 0.133. The number of carbonyl (C=O) groups excluding carboxylic acids is 1. The Bertz CT molecular complexity index is 647. The van der Waals surface area contributed by atoms with Crippen molar-refractivity contribution < 1.29 is 9.53 Å². The maximum atomic E-state index is 12.1. The van der Waals surface area contributed by atoms with Crippen molar-refractivity contribution in [1.82, 2.24) is 0 Å². The average molecular weight is 389 g/mol. The van der Waals surface area contributed by atoms with Crippen molar-refractivity contribution >= 4 is 50.7 Å². The zero-order valence-electron chi connectivity index (χ0n) is 11.1. The first kappa shape index (κ1) is 16.1. The van der Waals surface area contributed by atoms with E-state index >= 15 is 0 Å². The number of halogens is 3. The molecular formula is C15H12BrCl2NO2. The summed E-state index contributed by atoms with van der Waals surface area (Å²) in [6.45, 7) is 1.67. The Labute approximate surface area is 141 Å². The minimum atomic E-state index is -0.655. The fourth-order valence-electron chi connectivity index (χ4n) is 1.60. The van der Waals surface area contributed by atoms with E-state index in [4.69, 9.17) is 27.9 Å². The van der Waals surface area contributed by atoms with Crippen LogP contribution in [-0.2, 0) is 4.79 Å². The lowest BCUT2D eigenvalue weighted by Gasteiger charge is -2.15. The highest BCUT2D eigenvalue weighted by molar-refractivity contribution is 9.10. The molecule has 1 amide bonds. The summed E-state index contributed by atoms with van der Waals surface area (Å²) in [4.78, 5) is 12.1. The molecule has 0 bridgehead atoms. The van der Waals surface area contributed by atoms with Gasteiger partial charge >= 0.3 is 0 Å². The van der Waals surface area contributed by atoms with Crippen LogP contribution in [0.1, 0.15) is 6.92 Å². The highest BCUT2D eigenvalue weighted by Crippen LogP contribution is 2.25. The third-order valence-corrected chi connectivity index (χ3v) is 3.76. The van der Waals surface area contributed by atoms with Gasteiger partial charge in [-0.2, -0.15) is 0 Å². The van der Waals surface area contributed by atoms with Crippen LogP contribution in [-0.4, -0.2) is 12.0 Å². The van der Waals surface area contributed by atoms with Crippen LogP contribution in [0.25, 0.3) is 0 Å². The van der Waals surface area contributed by atoms with Gasteiger partial charge in [0.25, 0.3) is 5.91 Å². The first-order valence-electron chi connectivity index (χ1n) is 6.14. The summed E-state index contributed by atoms with van der Waals surface area (Å²) in [6, 6.07) is 12.1. The summed E-state index contributed by atoms with van der Waals surface area (Å²) in [7, 11) is 0. The van der Waals surface area contributed by atoms with Crippen LogP contribution < -0.4 is 10.1 Å². The van der Waals surface area contributed by atoms with Crippen molar-refractivity contribution in [1.29, 1.82) is 0 Å². The topological polar surface area (TPSA) is 38.3 Å². The van der Waals surface area contributed by atoms with Gasteiger partial charge < -0.3 is 10.1 Å². The Kier molecular flexibility index (Phi) is 5.51. The van der Waals surface area contributed by atoms with E-state index in [2.05, 4.69) is 21.2 Å². The van der Waals surface area contributed by atoms with E-state index in [9.17, 15) is 4.79 Å². The molecule has 1 N–H and O–H groups in total. The Hall–Kier alpha value is -1.23. The molecule has 0 saturated heterocycles. The molecule has 2 aromatic rings. The molecule has 0 aliphatic rings. The number of nitrogens with one attached hydrogen (secondary N) is 1. The number of hydrogen-bond acceptors (Lipinski definition) is 2. The average Bonchev–Trinajstić information content (AvgIpc) is 2.44. The first-order valence-corrected chi connectivity index (χ1v) is 7.69. The number of carbonyl (C=O) groups is 1. The quantitative estimate of drug-likeness (QED) is 0.785. The number of hydrogen-bond donors (Lipinski definition) is 1. The van der Waals surface area contributed by atoms with Crippen molar-refractivity contribution in [2.75, 3.05) is 5.32 Å². The molecule has 1 unspecified atom stereocenters. The van der Waals surface area contributed by atoms with E-state index in [1.807, 2.05) is 12.1 Å². The van der Waals surface area contributed by atoms with E-state index in [1.54, 1.807) is 37.3 Å². The van der Waals surface area contributed by atoms with Gasteiger partial charge in [-0.3, -0.25) is 4.79 Å². The molecule has 0 aliphatic carbocycles. The van der Waals surface area contributed by atoms with Gasteiger partial charge in [0.2, 0.25) is 0 Å². The van der Waals surface area contributed by atoms with Crippen LogP contribution >= 0.6 is 39.1 Å². The van der Waals surface area contributed by atoms with Gasteiger partial charge in [-0.05, 0) is 49.4 Å². The van der Waals surface area contributed by atoms with Crippen LogP contribution in [0.3, 0.4) is 0 Å². The summed E-state index contributed by atoms with van der Waals surface area (Å²) < 4.78 is 6.51. The van der Waals surface area contributed by atoms with Crippen molar-refractivity contribution in [3.63, 3.8) is 0 Å². The van der Waals surface area contributed by atoms with E-state index in [1.165, 1.54) is 0 Å². The zero-order valence-corrected chi connectivity index (χ0v) is 14.2. The third-order valence-electron chi connectivity index (χ3n) is 2.68. The van der Waals surface area contributed by atoms with Gasteiger partial charge in [0, 0.05) is 9.50 Å². The van der Waals surface area contributed by atoms with Crippen LogP contribution in [0.5, 0.6) is 5.75 Å². The SMILES string of the molecule is CC(Oc1ccc(Br)cc1)C(=O)Nc1ccc(Cl)cc1Cl. The van der Waals surface area contributed by atoms with Crippen LogP contribution in [0.15, 0.2) is 46.9 Å². The van der Waals surface area contributed by atoms with Crippen molar-refractivity contribution in [2.45, 2.75) is 13.0 Å². The summed E-state index contributed by atoms with van der Waals surface area (Å²) in [6.07, 6.45) is -0.655. The second-order valence-electron chi connectivity index (χ2n) is 4.33. The van der Waals surface area contributed by atoms with Gasteiger partial charge in [0.15, 0.2) is 6.10 Å². The van der Waals surface area contributed by atoms with Crippen LogP contribution in [0.2, 0.25) is 10.0 Å². The standard InChI is InChI=1S/C15H12BrCl2NO2/c1-9(21-12-5-2-10(16)3-6-12)15(20)19-14-7-4-11(17)8-13(14)18/h2-9H,1H3,(H,19,20). The lowest BCUT2D eigenvalue weighted by molar-refractivity contribution is -0.122. The lowest BCUT2D eigenvalue weighted by Crippen LogP contribution is -2.30. The van der Waals surface area contributed by atoms with Crippen LogP contribution in [0, 0.1) is 0 Å². The molecule has 0 aromatic heterocycles.